The SMILES string of the molecule is Fc1ccc(-c2nc(=S)c3c([nH]2)CSC3)c(C(F)(F)F)c1. The standard InChI is InChI=1S/C13H8F4N2S2/c14-6-1-2-7(9(3-6)13(15,16)17)11-18-10-5-21-4-8(10)12(20)19-11/h1-3H,4-5H2,(H,18,19,20). The first-order valence-corrected chi connectivity index (χ1v) is 7.49. The lowest BCUT2D eigenvalue weighted by Gasteiger charge is -2.13. The third-order valence-corrected chi connectivity index (χ3v) is 4.46. The molecule has 0 saturated carbocycles. The number of hydrogen-bond acceptors (Lipinski definition) is 3. The van der Waals surface area contributed by atoms with Gasteiger partial charge in [-0.25, -0.2) is 9.37 Å². The first-order valence-electron chi connectivity index (χ1n) is 5.93. The lowest BCUT2D eigenvalue weighted by molar-refractivity contribution is -0.137. The maximum absolute atomic E-state index is 13.1. The number of thioether (sulfide) groups is 1. The number of H-pyrrole nitrogens is 1. The molecule has 0 fully saturated rings. The maximum atomic E-state index is 13.1. The fraction of sp³-hybridized carbons (Fsp3) is 0.231. The molecular formula is C13H8F4N2S2. The van der Waals surface area contributed by atoms with Crippen molar-refractivity contribution in [1.82, 2.24) is 9.97 Å². The van der Waals surface area contributed by atoms with E-state index in [9.17, 15) is 17.6 Å². The van der Waals surface area contributed by atoms with Gasteiger partial charge in [0.25, 0.3) is 0 Å². The Hall–Kier alpha value is -1.41. The molecular weight excluding hydrogens is 324 g/mol. The van der Waals surface area contributed by atoms with Crippen LogP contribution in [0.15, 0.2) is 18.2 Å². The second kappa shape index (κ2) is 5.10. The molecule has 1 aliphatic heterocycles. The van der Waals surface area contributed by atoms with Crippen LogP contribution in [0.1, 0.15) is 16.8 Å². The predicted octanol–water partition coefficient (Wildman–Crippen LogP) is 4.71. The zero-order valence-corrected chi connectivity index (χ0v) is 12.1. The largest absolute Gasteiger partial charge is 0.417 e. The van der Waals surface area contributed by atoms with Crippen LogP contribution in [0.5, 0.6) is 0 Å². The minimum absolute atomic E-state index is 0.0218. The Morgan fingerprint density at radius 1 is 1.24 bits per heavy atom. The number of halogens is 4. The van der Waals surface area contributed by atoms with Gasteiger partial charge in [-0.3, -0.25) is 0 Å². The summed E-state index contributed by atoms with van der Waals surface area (Å²) >= 11 is 6.74. The van der Waals surface area contributed by atoms with Crippen molar-refractivity contribution in [2.45, 2.75) is 17.7 Å². The number of nitrogens with zero attached hydrogens (tertiary/aromatic N) is 1. The van der Waals surface area contributed by atoms with E-state index in [2.05, 4.69) is 9.97 Å². The van der Waals surface area contributed by atoms with Crippen molar-refractivity contribution in [1.29, 1.82) is 0 Å². The van der Waals surface area contributed by atoms with Crippen LogP contribution in [-0.4, -0.2) is 9.97 Å². The molecule has 1 N–H and O–H groups in total. The first-order chi connectivity index (χ1) is 9.86. The monoisotopic (exact) mass is 332 g/mol. The van der Waals surface area contributed by atoms with Gasteiger partial charge in [-0.1, -0.05) is 12.2 Å². The first kappa shape index (κ1) is 14.5. The van der Waals surface area contributed by atoms with Gasteiger partial charge in [-0.15, -0.1) is 0 Å². The van der Waals surface area contributed by atoms with Crippen molar-refractivity contribution in [3.05, 3.63) is 45.5 Å². The lowest BCUT2D eigenvalue weighted by Crippen LogP contribution is -2.09. The molecule has 0 radical (unpaired) electrons. The Morgan fingerprint density at radius 2 is 2.00 bits per heavy atom. The predicted molar refractivity (Wildman–Crippen MR) is 74.8 cm³/mol. The molecule has 0 atom stereocenters. The fourth-order valence-corrected chi connectivity index (χ4v) is 3.60. The van der Waals surface area contributed by atoms with E-state index in [0.717, 1.165) is 23.4 Å². The topological polar surface area (TPSA) is 28.7 Å². The fourth-order valence-electron chi connectivity index (χ4n) is 2.16. The third-order valence-electron chi connectivity index (χ3n) is 3.14. The normalized spacial score (nSPS) is 14.3. The van der Waals surface area contributed by atoms with Gasteiger partial charge in [-0.05, 0) is 18.2 Å². The Balaban J connectivity index is 2.22. The van der Waals surface area contributed by atoms with Gasteiger partial charge in [0.1, 0.15) is 16.3 Å². The summed E-state index contributed by atoms with van der Waals surface area (Å²) < 4.78 is 52.6. The van der Waals surface area contributed by atoms with E-state index < -0.39 is 17.6 Å². The molecule has 1 aromatic heterocycles. The van der Waals surface area contributed by atoms with Gasteiger partial charge >= 0.3 is 6.18 Å². The molecule has 1 aromatic carbocycles. The van der Waals surface area contributed by atoms with E-state index in [-0.39, 0.29) is 11.4 Å². The Kier molecular flexibility index (Phi) is 3.53. The summed E-state index contributed by atoms with van der Waals surface area (Å²) in [6.07, 6.45) is -4.66. The van der Waals surface area contributed by atoms with Crippen LogP contribution < -0.4 is 0 Å². The van der Waals surface area contributed by atoms with Crippen molar-refractivity contribution in [2.24, 2.45) is 0 Å². The molecule has 0 unspecified atom stereocenters. The summed E-state index contributed by atoms with van der Waals surface area (Å²) in [4.78, 5) is 6.94. The molecule has 2 nitrogen and oxygen atoms in total. The minimum atomic E-state index is -4.66. The van der Waals surface area contributed by atoms with E-state index >= 15 is 0 Å². The van der Waals surface area contributed by atoms with Crippen LogP contribution in [-0.2, 0) is 17.7 Å². The molecule has 21 heavy (non-hydrogen) atoms. The number of fused-ring (bicyclic) bond motifs is 1. The van der Waals surface area contributed by atoms with Gasteiger partial charge in [0.2, 0.25) is 0 Å². The van der Waals surface area contributed by atoms with Crippen LogP contribution in [0.4, 0.5) is 17.6 Å². The van der Waals surface area contributed by atoms with E-state index in [1.54, 1.807) is 11.8 Å². The number of alkyl halides is 3. The van der Waals surface area contributed by atoms with Crippen LogP contribution in [0.3, 0.4) is 0 Å². The molecule has 0 aliphatic carbocycles. The number of aromatic nitrogens is 2. The Labute approximate surface area is 126 Å². The highest BCUT2D eigenvalue weighted by Crippen LogP contribution is 2.37. The molecule has 0 amide bonds. The van der Waals surface area contributed by atoms with E-state index in [0.29, 0.717) is 22.2 Å². The van der Waals surface area contributed by atoms with Gasteiger partial charge in [0.15, 0.2) is 0 Å². The molecule has 2 heterocycles. The molecule has 0 spiro atoms. The molecule has 110 valence electrons. The van der Waals surface area contributed by atoms with Crippen molar-refractivity contribution >= 4 is 24.0 Å². The Morgan fingerprint density at radius 3 is 2.71 bits per heavy atom. The second-order valence-corrected chi connectivity index (χ2v) is 5.90. The second-order valence-electron chi connectivity index (χ2n) is 4.53. The van der Waals surface area contributed by atoms with Gasteiger partial charge in [0.05, 0.1) is 5.56 Å². The van der Waals surface area contributed by atoms with Crippen LogP contribution in [0.25, 0.3) is 11.4 Å². The quantitative estimate of drug-likeness (QED) is 0.605. The summed E-state index contributed by atoms with van der Waals surface area (Å²) in [6, 6.07) is 2.52. The highest BCUT2D eigenvalue weighted by molar-refractivity contribution is 7.98. The molecule has 0 bridgehead atoms. The summed E-state index contributed by atoms with van der Waals surface area (Å²) in [5, 5.41) is 0. The molecule has 3 rings (SSSR count). The molecule has 1 aliphatic rings. The average molecular weight is 332 g/mol. The van der Waals surface area contributed by atoms with Crippen molar-refractivity contribution in [3.63, 3.8) is 0 Å². The summed E-state index contributed by atoms with van der Waals surface area (Å²) in [5.41, 5.74) is 0.378. The van der Waals surface area contributed by atoms with E-state index in [4.69, 9.17) is 12.2 Å². The third kappa shape index (κ3) is 2.69. The number of benzene rings is 1. The molecule has 8 heteroatoms. The van der Waals surface area contributed by atoms with E-state index in [1.165, 1.54) is 0 Å². The highest BCUT2D eigenvalue weighted by Gasteiger charge is 2.35. The van der Waals surface area contributed by atoms with Crippen LogP contribution in [0.2, 0.25) is 0 Å². The lowest BCUT2D eigenvalue weighted by atomic mass is 10.1. The van der Waals surface area contributed by atoms with E-state index in [1.807, 2.05) is 0 Å². The zero-order valence-electron chi connectivity index (χ0n) is 10.4. The average Bonchev–Trinajstić information content (AvgIpc) is 2.86. The smallest absolute Gasteiger partial charge is 0.342 e. The van der Waals surface area contributed by atoms with Gasteiger partial charge < -0.3 is 4.98 Å². The van der Waals surface area contributed by atoms with Gasteiger partial charge in [-0.2, -0.15) is 24.9 Å². The van der Waals surface area contributed by atoms with Crippen LogP contribution in [0, 0.1) is 10.5 Å². The minimum Gasteiger partial charge on any atom is -0.342 e. The number of hydrogen-bond donors (Lipinski definition) is 1. The van der Waals surface area contributed by atoms with Crippen molar-refractivity contribution in [2.75, 3.05) is 0 Å². The summed E-state index contributed by atoms with van der Waals surface area (Å²) in [5.74, 6) is 0.430. The van der Waals surface area contributed by atoms with Crippen molar-refractivity contribution in [3.8, 4) is 11.4 Å². The maximum Gasteiger partial charge on any atom is 0.417 e. The van der Waals surface area contributed by atoms with Gasteiger partial charge in [0, 0.05) is 28.3 Å². The number of rotatable bonds is 1. The summed E-state index contributed by atoms with van der Waals surface area (Å²) in [6.45, 7) is 0. The molecule has 0 saturated heterocycles. The summed E-state index contributed by atoms with van der Waals surface area (Å²) in [7, 11) is 0. The molecule has 2 aromatic rings. The zero-order chi connectivity index (χ0) is 15.2. The highest BCUT2D eigenvalue weighted by atomic mass is 32.2. The van der Waals surface area contributed by atoms with Crippen molar-refractivity contribution < 1.29 is 17.6 Å². The Bertz CT molecular complexity index is 768. The number of nitrogens with one attached hydrogen (secondary N) is 1. The van der Waals surface area contributed by atoms with Crippen LogP contribution >= 0.6 is 24.0 Å². The number of aromatic amines is 1.